The van der Waals surface area contributed by atoms with Crippen molar-refractivity contribution in [2.24, 2.45) is 5.92 Å². The van der Waals surface area contributed by atoms with Crippen LogP contribution in [0.25, 0.3) is 10.2 Å². The van der Waals surface area contributed by atoms with E-state index in [4.69, 9.17) is 0 Å². The van der Waals surface area contributed by atoms with Crippen molar-refractivity contribution in [3.8, 4) is 0 Å². The van der Waals surface area contributed by atoms with E-state index >= 15 is 0 Å². The molecule has 0 saturated heterocycles. The summed E-state index contributed by atoms with van der Waals surface area (Å²) in [5.41, 5.74) is 1.42. The van der Waals surface area contributed by atoms with Crippen molar-refractivity contribution in [2.45, 2.75) is 6.92 Å². The fourth-order valence-corrected chi connectivity index (χ4v) is 3.01. The Labute approximate surface area is 116 Å². The van der Waals surface area contributed by atoms with Crippen LogP contribution in [0.1, 0.15) is 17.3 Å². The maximum Gasteiger partial charge on any atom is 0.305 e. The Hall–Kier alpha value is -1.46. The van der Waals surface area contributed by atoms with Gasteiger partial charge in [-0.3, -0.25) is 9.59 Å². The molecule has 1 aromatic heterocycles. The number of fused-ring (bicyclic) bond motifs is 1. The minimum atomic E-state index is -0.0843. The third kappa shape index (κ3) is 3.30. The minimum Gasteiger partial charge on any atom is -0.330 e. The fraction of sp³-hybridized carbons (Fsp3) is 0.429. The van der Waals surface area contributed by atoms with Gasteiger partial charge in [-0.25, -0.2) is 0 Å². The number of H-pyrrole nitrogens is 1. The molecule has 0 spiro atoms. The molecule has 0 amide bonds. The molecule has 1 aromatic carbocycles. The molecule has 1 atom stereocenters. The zero-order valence-electron chi connectivity index (χ0n) is 11.7. The highest BCUT2D eigenvalue weighted by Gasteiger charge is 2.22. The quantitative estimate of drug-likeness (QED) is 0.688. The Morgan fingerprint density at radius 1 is 1.37 bits per heavy atom. The Kier molecular flexibility index (Phi) is 3.60. The van der Waals surface area contributed by atoms with Gasteiger partial charge >= 0.3 is 4.87 Å². The predicted octanol–water partition coefficient (Wildman–Crippen LogP) is 2.11. The van der Waals surface area contributed by atoms with Crippen LogP contribution in [0.3, 0.4) is 0 Å². The van der Waals surface area contributed by atoms with Crippen LogP contribution >= 0.6 is 11.3 Å². The highest BCUT2D eigenvalue weighted by molar-refractivity contribution is 7.16. The number of nitrogens with zero attached hydrogens (tertiary/aromatic N) is 1. The molecule has 1 unspecified atom stereocenters. The lowest BCUT2D eigenvalue weighted by atomic mass is 9.98. The second kappa shape index (κ2) is 4.90. The molecule has 5 heteroatoms. The molecule has 2 aromatic rings. The summed E-state index contributed by atoms with van der Waals surface area (Å²) >= 11 is 1.17. The average Bonchev–Trinajstić information content (AvgIpc) is 2.64. The van der Waals surface area contributed by atoms with Gasteiger partial charge in [0.2, 0.25) is 0 Å². The number of aromatic nitrogens is 1. The summed E-state index contributed by atoms with van der Waals surface area (Å²) < 4.78 is 1.64. The first-order chi connectivity index (χ1) is 8.76. The number of thiazole rings is 1. The van der Waals surface area contributed by atoms with Crippen LogP contribution in [-0.4, -0.2) is 42.9 Å². The molecule has 102 valence electrons. The van der Waals surface area contributed by atoms with Gasteiger partial charge in [-0.15, -0.1) is 0 Å². The Morgan fingerprint density at radius 3 is 2.68 bits per heavy atom. The van der Waals surface area contributed by atoms with Crippen LogP contribution in [0.4, 0.5) is 0 Å². The summed E-state index contributed by atoms with van der Waals surface area (Å²) in [4.78, 5) is 26.3. The monoisotopic (exact) mass is 279 g/mol. The molecular formula is C14H19N2O2S+. The topological polar surface area (TPSA) is 49.9 Å². The Morgan fingerprint density at radius 2 is 2.05 bits per heavy atom. The van der Waals surface area contributed by atoms with Crippen molar-refractivity contribution in [3.63, 3.8) is 0 Å². The molecule has 0 saturated carbocycles. The number of hydrogen-bond donors (Lipinski definition) is 1. The zero-order chi connectivity index (χ0) is 14.2. The first kappa shape index (κ1) is 14.0. The number of ketones is 1. The van der Waals surface area contributed by atoms with E-state index in [1.807, 2.05) is 13.0 Å². The van der Waals surface area contributed by atoms with Crippen LogP contribution < -0.4 is 4.87 Å². The highest BCUT2D eigenvalue weighted by Crippen LogP contribution is 2.19. The fourth-order valence-electron chi connectivity index (χ4n) is 2.29. The molecule has 0 aliphatic heterocycles. The van der Waals surface area contributed by atoms with E-state index in [1.165, 1.54) is 11.3 Å². The molecule has 0 radical (unpaired) electrons. The second-order valence-electron chi connectivity index (χ2n) is 5.96. The Bertz CT molecular complexity index is 664. The number of nitrogens with one attached hydrogen (secondary N) is 1. The number of rotatable bonds is 4. The Balaban J connectivity index is 2.28. The van der Waals surface area contributed by atoms with E-state index in [0.29, 0.717) is 5.56 Å². The minimum absolute atomic E-state index is 0.0391. The second-order valence-corrected chi connectivity index (χ2v) is 6.98. The molecule has 19 heavy (non-hydrogen) atoms. The number of hydrogen-bond acceptors (Lipinski definition) is 3. The van der Waals surface area contributed by atoms with Crippen LogP contribution in [0.5, 0.6) is 0 Å². The standard InChI is InChI=1S/C14H18N2O2S/c1-9(8-16(2,3)4)13(17)10-5-6-12-11(7-10)15-14(18)19-12/h5-7,9H,8H2,1-4H3/p+1. The summed E-state index contributed by atoms with van der Waals surface area (Å²) in [6.07, 6.45) is 0. The lowest BCUT2D eigenvalue weighted by molar-refractivity contribution is -0.872. The lowest BCUT2D eigenvalue weighted by Gasteiger charge is -2.26. The molecule has 0 aliphatic carbocycles. The number of carbonyl (C=O) groups is 1. The molecule has 4 nitrogen and oxygen atoms in total. The normalized spacial score (nSPS) is 13.7. The lowest BCUT2D eigenvalue weighted by Crippen LogP contribution is -2.40. The third-order valence-corrected chi connectivity index (χ3v) is 3.84. The van der Waals surface area contributed by atoms with Gasteiger partial charge in [0.15, 0.2) is 5.78 Å². The SMILES string of the molecule is CC(C[N+](C)(C)C)C(=O)c1ccc2sc(=O)[nH]c2c1. The van der Waals surface area contributed by atoms with E-state index < -0.39 is 0 Å². The summed E-state index contributed by atoms with van der Waals surface area (Å²) in [6, 6.07) is 5.42. The van der Waals surface area contributed by atoms with Gasteiger partial charge in [0.1, 0.15) is 0 Å². The number of Topliss-reactive ketones (excluding diaryl/α,β-unsaturated/α-hetero) is 1. The van der Waals surface area contributed by atoms with E-state index in [-0.39, 0.29) is 16.6 Å². The van der Waals surface area contributed by atoms with Crippen molar-refractivity contribution in [1.29, 1.82) is 0 Å². The van der Waals surface area contributed by atoms with Gasteiger partial charge in [-0.1, -0.05) is 11.3 Å². The van der Waals surface area contributed by atoms with Crippen molar-refractivity contribution in [3.05, 3.63) is 33.4 Å². The molecule has 2 rings (SSSR count). The number of benzene rings is 1. The number of carbonyl (C=O) groups excluding carboxylic acids is 1. The summed E-state index contributed by atoms with van der Waals surface area (Å²) in [6.45, 7) is 2.74. The van der Waals surface area contributed by atoms with Gasteiger partial charge in [0, 0.05) is 5.56 Å². The van der Waals surface area contributed by atoms with Crippen molar-refractivity contribution in [1.82, 2.24) is 4.98 Å². The number of quaternary nitrogens is 1. The molecule has 1 N–H and O–H groups in total. The summed E-state index contributed by atoms with van der Waals surface area (Å²) in [5, 5.41) is 0. The van der Waals surface area contributed by atoms with E-state index in [1.54, 1.807) is 12.1 Å². The molecule has 0 bridgehead atoms. The maximum atomic E-state index is 12.4. The maximum absolute atomic E-state index is 12.4. The van der Waals surface area contributed by atoms with Gasteiger partial charge in [-0.2, -0.15) is 0 Å². The molecule has 1 heterocycles. The predicted molar refractivity (Wildman–Crippen MR) is 78.8 cm³/mol. The number of aromatic amines is 1. The van der Waals surface area contributed by atoms with Crippen molar-refractivity contribution in [2.75, 3.05) is 27.7 Å². The summed E-state index contributed by atoms with van der Waals surface area (Å²) in [5.74, 6) is 0.0878. The van der Waals surface area contributed by atoms with Crippen molar-refractivity contribution >= 4 is 27.3 Å². The zero-order valence-corrected chi connectivity index (χ0v) is 12.5. The van der Waals surface area contributed by atoms with Crippen LogP contribution in [-0.2, 0) is 0 Å². The first-order valence-electron chi connectivity index (χ1n) is 6.24. The van der Waals surface area contributed by atoms with Crippen LogP contribution in [0, 0.1) is 5.92 Å². The smallest absolute Gasteiger partial charge is 0.305 e. The van der Waals surface area contributed by atoms with Gasteiger partial charge in [0.25, 0.3) is 0 Å². The van der Waals surface area contributed by atoms with E-state index in [2.05, 4.69) is 26.1 Å². The van der Waals surface area contributed by atoms with E-state index in [0.717, 1.165) is 21.2 Å². The van der Waals surface area contributed by atoms with Gasteiger partial charge in [0.05, 0.1) is 43.8 Å². The van der Waals surface area contributed by atoms with Crippen molar-refractivity contribution < 1.29 is 9.28 Å². The largest absolute Gasteiger partial charge is 0.330 e. The van der Waals surface area contributed by atoms with E-state index in [9.17, 15) is 9.59 Å². The van der Waals surface area contributed by atoms with Gasteiger partial charge < -0.3 is 9.47 Å². The average molecular weight is 279 g/mol. The third-order valence-electron chi connectivity index (χ3n) is 2.97. The highest BCUT2D eigenvalue weighted by atomic mass is 32.1. The van der Waals surface area contributed by atoms with Crippen LogP contribution in [0.15, 0.2) is 23.0 Å². The molecule has 0 fully saturated rings. The van der Waals surface area contributed by atoms with Gasteiger partial charge in [-0.05, 0) is 25.1 Å². The molecule has 0 aliphatic rings. The summed E-state index contributed by atoms with van der Waals surface area (Å²) in [7, 11) is 6.22. The van der Waals surface area contributed by atoms with Crippen LogP contribution in [0.2, 0.25) is 0 Å². The first-order valence-corrected chi connectivity index (χ1v) is 7.05. The molecular weight excluding hydrogens is 260 g/mol.